The molecule has 1 aliphatic heterocycles. The molecule has 1 aromatic carbocycles. The topological polar surface area (TPSA) is 134 Å². The Kier molecular flexibility index (Phi) is 4.69. The van der Waals surface area contributed by atoms with Crippen molar-refractivity contribution in [1.82, 2.24) is 15.0 Å². The van der Waals surface area contributed by atoms with Crippen molar-refractivity contribution in [3.05, 3.63) is 46.7 Å². The second-order valence-electron chi connectivity index (χ2n) is 9.69. The molecule has 2 saturated carbocycles. The Morgan fingerprint density at radius 2 is 2.00 bits per heavy atom. The zero-order valence-corrected chi connectivity index (χ0v) is 18.9. The van der Waals surface area contributed by atoms with Gasteiger partial charge in [0.15, 0.2) is 0 Å². The van der Waals surface area contributed by atoms with Crippen molar-refractivity contribution in [2.24, 2.45) is 11.3 Å². The maximum Gasteiger partial charge on any atom is 0.142 e. The molecule has 6 rings (SSSR count). The fraction of sp³-hybridized carbons (Fsp3) is 0.458. The van der Waals surface area contributed by atoms with Crippen molar-refractivity contribution in [2.45, 2.75) is 50.4 Å². The van der Waals surface area contributed by atoms with Crippen LogP contribution in [0.15, 0.2) is 30.6 Å². The van der Waals surface area contributed by atoms with Crippen LogP contribution in [0.4, 0.5) is 17.5 Å². The molecule has 0 unspecified atom stereocenters. The van der Waals surface area contributed by atoms with Crippen LogP contribution in [0.5, 0.6) is 0 Å². The number of halogens is 1. The van der Waals surface area contributed by atoms with Gasteiger partial charge in [0.05, 0.1) is 22.7 Å². The molecule has 2 fully saturated rings. The Morgan fingerprint density at radius 3 is 2.79 bits per heavy atom. The number of nitrogens with zero attached hydrogens (tertiary/aromatic N) is 4. The molecular weight excluding hydrogens is 440 g/mol. The van der Waals surface area contributed by atoms with Crippen molar-refractivity contribution < 1.29 is 10.2 Å². The minimum absolute atomic E-state index is 0.162. The molecule has 6 N–H and O–H groups in total. The first-order valence-electron chi connectivity index (χ1n) is 11.5. The number of fused-ring (bicyclic) bond motifs is 3. The van der Waals surface area contributed by atoms with Crippen LogP contribution in [0.1, 0.15) is 30.4 Å². The van der Waals surface area contributed by atoms with Crippen LogP contribution >= 0.6 is 11.6 Å². The minimum Gasteiger partial charge on any atom is -0.390 e. The van der Waals surface area contributed by atoms with Gasteiger partial charge in [-0.3, -0.25) is 0 Å². The Hall–Kier alpha value is -2.68. The molecule has 3 aromatic rings. The minimum atomic E-state index is -0.820. The SMILES string of the molecule is Nc1nc2cc(CC[C@@]34CC[C@@H]3[C@@H](N3CCc5c(N)ncnc53)[C@H](O)[C@@H]4O)ccc2cc1Cl. The summed E-state index contributed by atoms with van der Waals surface area (Å²) in [5, 5.41) is 23.8. The number of pyridine rings is 1. The number of hydrogen-bond donors (Lipinski definition) is 4. The van der Waals surface area contributed by atoms with Crippen molar-refractivity contribution in [2.75, 3.05) is 22.9 Å². The van der Waals surface area contributed by atoms with Gasteiger partial charge in [0.25, 0.3) is 0 Å². The Balaban J connectivity index is 1.25. The van der Waals surface area contributed by atoms with Crippen molar-refractivity contribution in [3.8, 4) is 0 Å². The van der Waals surface area contributed by atoms with Crippen LogP contribution in [0.2, 0.25) is 5.02 Å². The largest absolute Gasteiger partial charge is 0.390 e. The van der Waals surface area contributed by atoms with E-state index in [4.69, 9.17) is 23.1 Å². The fourth-order valence-electron chi connectivity index (χ4n) is 6.45. The van der Waals surface area contributed by atoms with Crippen LogP contribution < -0.4 is 16.4 Å². The van der Waals surface area contributed by atoms with Gasteiger partial charge in [-0.05, 0) is 55.7 Å². The summed E-state index contributed by atoms with van der Waals surface area (Å²) in [4.78, 5) is 15.1. The molecule has 2 aliphatic carbocycles. The van der Waals surface area contributed by atoms with E-state index in [1.54, 1.807) is 0 Å². The normalized spacial score (nSPS) is 30.3. The molecule has 0 saturated heterocycles. The van der Waals surface area contributed by atoms with Gasteiger partial charge in [-0.25, -0.2) is 15.0 Å². The number of aliphatic hydroxyl groups is 2. The van der Waals surface area contributed by atoms with Crippen LogP contribution in [0.25, 0.3) is 10.9 Å². The summed E-state index contributed by atoms with van der Waals surface area (Å²) in [5.41, 5.74) is 14.5. The van der Waals surface area contributed by atoms with E-state index < -0.39 is 12.2 Å². The first-order valence-corrected chi connectivity index (χ1v) is 11.8. The highest BCUT2D eigenvalue weighted by molar-refractivity contribution is 6.33. The van der Waals surface area contributed by atoms with Gasteiger partial charge < -0.3 is 26.6 Å². The monoisotopic (exact) mass is 466 g/mol. The lowest BCUT2D eigenvalue weighted by Gasteiger charge is -2.49. The van der Waals surface area contributed by atoms with Gasteiger partial charge in [0.2, 0.25) is 0 Å². The summed E-state index contributed by atoms with van der Waals surface area (Å²) in [6.07, 6.45) is 4.14. The summed E-state index contributed by atoms with van der Waals surface area (Å²) in [6, 6.07) is 7.79. The number of rotatable bonds is 4. The van der Waals surface area contributed by atoms with Gasteiger partial charge in [-0.15, -0.1) is 0 Å². The molecule has 5 atom stereocenters. The molecular formula is C24H27ClN6O2. The highest BCUT2D eigenvalue weighted by atomic mass is 35.5. The van der Waals surface area contributed by atoms with Gasteiger partial charge in [0, 0.05) is 22.9 Å². The van der Waals surface area contributed by atoms with E-state index in [-0.39, 0.29) is 17.4 Å². The van der Waals surface area contributed by atoms with E-state index >= 15 is 0 Å². The number of nitrogens with two attached hydrogens (primary N) is 2. The van der Waals surface area contributed by atoms with Crippen molar-refractivity contribution in [3.63, 3.8) is 0 Å². The number of benzene rings is 1. The van der Waals surface area contributed by atoms with Gasteiger partial charge in [-0.2, -0.15) is 0 Å². The predicted molar refractivity (Wildman–Crippen MR) is 128 cm³/mol. The summed E-state index contributed by atoms with van der Waals surface area (Å²) >= 11 is 6.10. The van der Waals surface area contributed by atoms with E-state index in [0.717, 1.165) is 66.5 Å². The first-order chi connectivity index (χ1) is 15.9. The standard InChI is InChI=1S/C24H27ClN6O2/c25-16-10-13-2-1-12(9-17(13)30-22(16)27)3-6-24-7-4-15(24)18(19(32)20(24)33)31-8-5-14-21(26)28-11-29-23(14)31/h1-2,9-11,15,18-20,32-33H,3-8H2,(H2,27,30)(H2,26,28,29)/t15-,18-,19+,20+,24-/m1/s1. The molecule has 172 valence electrons. The second-order valence-corrected chi connectivity index (χ2v) is 10.1. The smallest absolute Gasteiger partial charge is 0.142 e. The molecule has 3 aliphatic rings. The number of hydrogen-bond acceptors (Lipinski definition) is 8. The molecule has 0 radical (unpaired) electrons. The average molecular weight is 467 g/mol. The summed E-state index contributed by atoms with van der Waals surface area (Å²) in [5.74, 6) is 1.84. The molecule has 0 spiro atoms. The number of aromatic nitrogens is 3. The average Bonchev–Trinajstić information content (AvgIpc) is 3.27. The van der Waals surface area contributed by atoms with Crippen molar-refractivity contribution >= 4 is 40.0 Å². The lowest BCUT2D eigenvalue weighted by molar-refractivity contribution is -0.0741. The molecule has 0 bridgehead atoms. The third-order valence-electron chi connectivity index (χ3n) is 8.27. The van der Waals surface area contributed by atoms with Gasteiger partial charge in [-0.1, -0.05) is 23.7 Å². The zero-order chi connectivity index (χ0) is 22.9. The third kappa shape index (κ3) is 3.01. The quantitative estimate of drug-likeness (QED) is 0.460. The molecule has 0 amide bonds. The predicted octanol–water partition coefficient (Wildman–Crippen LogP) is 2.34. The fourth-order valence-corrected chi connectivity index (χ4v) is 6.61. The van der Waals surface area contributed by atoms with Crippen LogP contribution in [0, 0.1) is 11.3 Å². The lowest BCUT2D eigenvalue weighted by atomic mass is 9.58. The number of nitrogen functional groups attached to an aromatic ring is 2. The molecule has 33 heavy (non-hydrogen) atoms. The lowest BCUT2D eigenvalue weighted by Crippen LogP contribution is -2.50. The third-order valence-corrected chi connectivity index (χ3v) is 8.57. The van der Waals surface area contributed by atoms with E-state index in [9.17, 15) is 10.2 Å². The maximum absolute atomic E-state index is 11.2. The van der Waals surface area contributed by atoms with E-state index in [0.29, 0.717) is 16.7 Å². The number of aliphatic hydroxyl groups excluding tert-OH is 2. The number of aryl methyl sites for hydroxylation is 1. The second kappa shape index (κ2) is 7.41. The zero-order valence-electron chi connectivity index (χ0n) is 18.2. The summed E-state index contributed by atoms with van der Waals surface area (Å²) in [7, 11) is 0. The highest BCUT2D eigenvalue weighted by Crippen LogP contribution is 2.61. The van der Waals surface area contributed by atoms with Crippen LogP contribution in [0.3, 0.4) is 0 Å². The Labute approximate surface area is 196 Å². The molecule has 8 nitrogen and oxygen atoms in total. The molecule has 3 heterocycles. The van der Waals surface area contributed by atoms with E-state index in [1.165, 1.54) is 6.33 Å². The van der Waals surface area contributed by atoms with Gasteiger partial charge in [0.1, 0.15) is 29.9 Å². The maximum atomic E-state index is 11.2. The molecule has 9 heteroatoms. The van der Waals surface area contributed by atoms with Crippen LogP contribution in [-0.2, 0) is 12.8 Å². The van der Waals surface area contributed by atoms with E-state index in [2.05, 4.69) is 25.9 Å². The Bertz CT molecular complexity index is 1260. The summed E-state index contributed by atoms with van der Waals surface area (Å²) < 4.78 is 0. The van der Waals surface area contributed by atoms with Crippen LogP contribution in [-0.4, -0.2) is 50.0 Å². The number of anilines is 3. The van der Waals surface area contributed by atoms with Crippen molar-refractivity contribution in [1.29, 1.82) is 0 Å². The Morgan fingerprint density at radius 1 is 1.15 bits per heavy atom. The molecule has 2 aromatic heterocycles. The highest BCUT2D eigenvalue weighted by Gasteiger charge is 2.65. The first kappa shape index (κ1) is 20.9. The van der Waals surface area contributed by atoms with E-state index in [1.807, 2.05) is 18.2 Å². The van der Waals surface area contributed by atoms with Gasteiger partial charge >= 0.3 is 0 Å². The summed E-state index contributed by atoms with van der Waals surface area (Å²) in [6.45, 7) is 0.736.